The van der Waals surface area contributed by atoms with E-state index in [2.05, 4.69) is 25.0 Å². The van der Waals surface area contributed by atoms with E-state index in [1.165, 1.54) is 5.56 Å². The van der Waals surface area contributed by atoms with Crippen LogP contribution in [0.15, 0.2) is 18.3 Å². The van der Waals surface area contributed by atoms with E-state index >= 15 is 0 Å². The third-order valence-corrected chi connectivity index (χ3v) is 2.69. The molecule has 0 saturated heterocycles. The molecule has 1 aromatic carbocycles. The van der Waals surface area contributed by atoms with Crippen molar-refractivity contribution in [1.29, 1.82) is 0 Å². The third kappa shape index (κ3) is 1.50. The fraction of sp³-hybridized carbons (Fsp3) is 0.364. The highest BCUT2D eigenvalue weighted by Crippen LogP contribution is 2.28. The molecule has 0 aliphatic heterocycles. The second-order valence-electron chi connectivity index (χ2n) is 3.89. The topological polar surface area (TPSA) is 17.8 Å². The van der Waals surface area contributed by atoms with E-state index in [0.29, 0.717) is 5.92 Å². The summed E-state index contributed by atoms with van der Waals surface area (Å²) < 4.78 is 1.81. The molecule has 1 heterocycles. The molecule has 0 radical (unpaired) electrons. The first kappa shape index (κ1) is 9.53. The van der Waals surface area contributed by atoms with E-state index in [4.69, 9.17) is 11.6 Å². The van der Waals surface area contributed by atoms with Crippen molar-refractivity contribution in [2.45, 2.75) is 19.8 Å². The number of hydrogen-bond acceptors (Lipinski definition) is 1. The zero-order chi connectivity index (χ0) is 10.3. The normalized spacial score (nSPS) is 11.5. The van der Waals surface area contributed by atoms with Crippen LogP contribution >= 0.6 is 11.6 Å². The Morgan fingerprint density at radius 3 is 2.71 bits per heavy atom. The number of aromatic nitrogens is 2. The number of fused-ring (bicyclic) bond motifs is 1. The summed E-state index contributed by atoms with van der Waals surface area (Å²) in [4.78, 5) is 0. The molecule has 74 valence electrons. The SMILES string of the molecule is CC(C)c1cc2cn(C)nc2cc1Cl. The molecule has 0 spiro atoms. The van der Waals surface area contributed by atoms with Crippen molar-refractivity contribution in [3.8, 4) is 0 Å². The lowest BCUT2D eigenvalue weighted by atomic mass is 10.0. The van der Waals surface area contributed by atoms with Crippen LogP contribution in [0.25, 0.3) is 10.9 Å². The summed E-state index contributed by atoms with van der Waals surface area (Å²) in [6, 6.07) is 4.06. The Bertz CT molecular complexity index is 471. The zero-order valence-electron chi connectivity index (χ0n) is 8.58. The Kier molecular flexibility index (Phi) is 2.23. The van der Waals surface area contributed by atoms with Crippen molar-refractivity contribution < 1.29 is 0 Å². The van der Waals surface area contributed by atoms with Crippen LogP contribution in [0, 0.1) is 0 Å². The summed E-state index contributed by atoms with van der Waals surface area (Å²) in [7, 11) is 1.92. The Balaban J connectivity index is 2.70. The maximum absolute atomic E-state index is 6.16. The number of rotatable bonds is 1. The van der Waals surface area contributed by atoms with Crippen molar-refractivity contribution in [2.75, 3.05) is 0 Å². The predicted molar refractivity (Wildman–Crippen MR) is 59.8 cm³/mol. The average Bonchev–Trinajstić information content (AvgIpc) is 2.42. The monoisotopic (exact) mass is 208 g/mol. The van der Waals surface area contributed by atoms with Gasteiger partial charge in [-0.05, 0) is 23.6 Å². The van der Waals surface area contributed by atoms with Gasteiger partial charge in [0.2, 0.25) is 0 Å². The number of aryl methyl sites for hydroxylation is 1. The van der Waals surface area contributed by atoms with Gasteiger partial charge in [0, 0.05) is 23.7 Å². The lowest BCUT2D eigenvalue weighted by molar-refractivity contribution is 0.780. The predicted octanol–water partition coefficient (Wildman–Crippen LogP) is 3.35. The molecule has 3 heteroatoms. The lowest BCUT2D eigenvalue weighted by Gasteiger charge is -2.07. The summed E-state index contributed by atoms with van der Waals surface area (Å²) >= 11 is 6.16. The highest BCUT2D eigenvalue weighted by atomic mass is 35.5. The molecule has 0 aliphatic carbocycles. The molecule has 14 heavy (non-hydrogen) atoms. The average molecular weight is 209 g/mol. The van der Waals surface area contributed by atoms with E-state index in [-0.39, 0.29) is 0 Å². The summed E-state index contributed by atoms with van der Waals surface area (Å²) in [6.45, 7) is 4.28. The second-order valence-corrected chi connectivity index (χ2v) is 4.30. The number of nitrogens with zero attached hydrogens (tertiary/aromatic N) is 2. The molecule has 0 unspecified atom stereocenters. The number of hydrogen-bond donors (Lipinski definition) is 0. The molecule has 2 rings (SSSR count). The first-order chi connectivity index (χ1) is 6.58. The van der Waals surface area contributed by atoms with Gasteiger partial charge < -0.3 is 0 Å². The van der Waals surface area contributed by atoms with Crippen molar-refractivity contribution in [3.05, 3.63) is 28.9 Å². The largest absolute Gasteiger partial charge is 0.275 e. The maximum Gasteiger partial charge on any atom is 0.0938 e. The molecule has 0 bridgehead atoms. The van der Waals surface area contributed by atoms with Crippen LogP contribution < -0.4 is 0 Å². The summed E-state index contributed by atoms with van der Waals surface area (Å²) in [5, 5.41) is 6.27. The minimum absolute atomic E-state index is 0.451. The zero-order valence-corrected chi connectivity index (χ0v) is 9.34. The first-order valence-corrected chi connectivity index (χ1v) is 5.08. The van der Waals surface area contributed by atoms with E-state index in [0.717, 1.165) is 15.9 Å². The minimum Gasteiger partial charge on any atom is -0.275 e. The van der Waals surface area contributed by atoms with Gasteiger partial charge in [-0.25, -0.2) is 0 Å². The molecule has 0 amide bonds. The Labute approximate surface area is 88.5 Å². The Morgan fingerprint density at radius 2 is 2.07 bits per heavy atom. The van der Waals surface area contributed by atoms with Crippen molar-refractivity contribution in [2.24, 2.45) is 7.05 Å². The molecule has 0 fully saturated rings. The van der Waals surface area contributed by atoms with Crippen LogP contribution in [0.2, 0.25) is 5.02 Å². The van der Waals surface area contributed by atoms with Gasteiger partial charge in [-0.15, -0.1) is 0 Å². The summed E-state index contributed by atoms with van der Waals surface area (Å²) in [5.74, 6) is 0.451. The van der Waals surface area contributed by atoms with Gasteiger partial charge in [0.05, 0.1) is 5.52 Å². The van der Waals surface area contributed by atoms with Crippen LogP contribution in [0.4, 0.5) is 0 Å². The number of benzene rings is 1. The molecule has 0 N–H and O–H groups in total. The summed E-state index contributed by atoms with van der Waals surface area (Å²) in [6.07, 6.45) is 2.01. The fourth-order valence-electron chi connectivity index (χ4n) is 1.63. The highest BCUT2D eigenvalue weighted by molar-refractivity contribution is 6.32. The van der Waals surface area contributed by atoms with Gasteiger partial charge >= 0.3 is 0 Å². The molecule has 2 nitrogen and oxygen atoms in total. The van der Waals surface area contributed by atoms with Crippen molar-refractivity contribution in [3.63, 3.8) is 0 Å². The minimum atomic E-state index is 0.451. The number of halogens is 1. The molecule has 1 aromatic heterocycles. The van der Waals surface area contributed by atoms with Gasteiger partial charge in [0.1, 0.15) is 0 Å². The van der Waals surface area contributed by atoms with Crippen LogP contribution in [0.5, 0.6) is 0 Å². The third-order valence-electron chi connectivity index (χ3n) is 2.36. The molecule has 0 atom stereocenters. The molecular weight excluding hydrogens is 196 g/mol. The molecule has 0 saturated carbocycles. The van der Waals surface area contributed by atoms with Gasteiger partial charge in [0.15, 0.2) is 0 Å². The molecule has 0 aliphatic rings. The van der Waals surface area contributed by atoms with Crippen LogP contribution in [0.1, 0.15) is 25.3 Å². The van der Waals surface area contributed by atoms with Crippen molar-refractivity contribution >= 4 is 22.5 Å². The maximum atomic E-state index is 6.16. The Hall–Kier alpha value is -1.02. The van der Waals surface area contributed by atoms with Crippen molar-refractivity contribution in [1.82, 2.24) is 9.78 Å². The van der Waals surface area contributed by atoms with E-state index in [1.807, 2.05) is 24.0 Å². The van der Waals surface area contributed by atoms with Crippen LogP contribution in [0.3, 0.4) is 0 Å². The van der Waals surface area contributed by atoms with E-state index in [9.17, 15) is 0 Å². The quantitative estimate of drug-likeness (QED) is 0.703. The van der Waals surface area contributed by atoms with Crippen LogP contribution in [-0.2, 0) is 7.05 Å². The lowest BCUT2D eigenvalue weighted by Crippen LogP contribution is -1.88. The standard InChI is InChI=1S/C11H13ClN2/c1-7(2)9-4-8-6-14(3)13-11(8)5-10(9)12/h4-7H,1-3H3. The van der Waals surface area contributed by atoms with Gasteiger partial charge in [-0.3, -0.25) is 4.68 Å². The van der Waals surface area contributed by atoms with E-state index in [1.54, 1.807) is 0 Å². The first-order valence-electron chi connectivity index (χ1n) is 4.70. The Morgan fingerprint density at radius 1 is 1.36 bits per heavy atom. The van der Waals surface area contributed by atoms with Gasteiger partial charge in [-0.1, -0.05) is 25.4 Å². The van der Waals surface area contributed by atoms with Crippen LogP contribution in [-0.4, -0.2) is 9.78 Å². The molecule has 2 aromatic rings. The van der Waals surface area contributed by atoms with Gasteiger partial charge in [0.25, 0.3) is 0 Å². The fourth-order valence-corrected chi connectivity index (χ4v) is 2.01. The smallest absolute Gasteiger partial charge is 0.0938 e. The highest BCUT2D eigenvalue weighted by Gasteiger charge is 2.08. The second kappa shape index (κ2) is 3.28. The summed E-state index contributed by atoms with van der Waals surface area (Å²) in [5.41, 5.74) is 2.15. The molecular formula is C11H13ClN2. The van der Waals surface area contributed by atoms with E-state index < -0.39 is 0 Å². The van der Waals surface area contributed by atoms with Gasteiger partial charge in [-0.2, -0.15) is 5.10 Å².